The van der Waals surface area contributed by atoms with Gasteiger partial charge in [-0.15, -0.1) is 0 Å². The van der Waals surface area contributed by atoms with Crippen LogP contribution >= 0.6 is 0 Å². The number of hydrogen-bond donors (Lipinski definition) is 1. The zero-order chi connectivity index (χ0) is 22.1. The minimum absolute atomic E-state index is 0.0673. The molecule has 4 rings (SSSR count). The normalized spacial score (nSPS) is 11.1. The lowest BCUT2D eigenvalue weighted by Gasteiger charge is -2.21. The molecule has 0 unspecified atom stereocenters. The molecule has 0 bridgehead atoms. The number of aryl methyl sites for hydroxylation is 4. The highest BCUT2D eigenvalue weighted by Crippen LogP contribution is 2.20. The van der Waals surface area contributed by atoms with E-state index in [0.717, 1.165) is 39.9 Å². The highest BCUT2D eigenvalue weighted by molar-refractivity contribution is 5.96. The minimum Gasteiger partial charge on any atom is -0.340 e. The number of imidazole rings is 1. The minimum atomic E-state index is -0.0673. The molecule has 0 spiro atoms. The van der Waals surface area contributed by atoms with E-state index >= 15 is 0 Å². The van der Waals surface area contributed by atoms with Crippen molar-refractivity contribution in [2.45, 2.75) is 33.9 Å². The number of rotatable bonds is 6. The molecule has 0 aliphatic rings. The van der Waals surface area contributed by atoms with Crippen LogP contribution in [0.5, 0.6) is 0 Å². The van der Waals surface area contributed by atoms with Gasteiger partial charge in [0.1, 0.15) is 5.82 Å². The molecule has 3 heterocycles. The standard InChI is InChI=1S/C23H27N7O/c1-15-11-19(27-28(15)4)13-30(23(31)21-16(2)26-29(5)17(21)3)14-20-12-24-22(25-20)18-9-7-6-8-10-18/h6-12H,13-14H2,1-5H3,(H,24,25). The van der Waals surface area contributed by atoms with Crippen molar-refractivity contribution < 1.29 is 4.79 Å². The lowest BCUT2D eigenvalue weighted by atomic mass is 10.1. The smallest absolute Gasteiger partial charge is 0.258 e. The maximum absolute atomic E-state index is 13.6. The quantitative estimate of drug-likeness (QED) is 0.522. The second kappa shape index (κ2) is 8.22. The third-order valence-electron chi connectivity index (χ3n) is 5.56. The fourth-order valence-electron chi connectivity index (χ4n) is 3.74. The van der Waals surface area contributed by atoms with Crippen LogP contribution in [0.1, 0.15) is 38.8 Å². The molecule has 8 nitrogen and oxygen atoms in total. The fourth-order valence-corrected chi connectivity index (χ4v) is 3.74. The number of carbonyl (C=O) groups excluding carboxylic acids is 1. The number of nitrogens with zero attached hydrogens (tertiary/aromatic N) is 6. The predicted octanol–water partition coefficient (Wildman–Crippen LogP) is 3.31. The van der Waals surface area contributed by atoms with E-state index in [1.54, 1.807) is 15.8 Å². The number of benzene rings is 1. The number of carbonyl (C=O) groups is 1. The maximum atomic E-state index is 13.6. The van der Waals surface area contributed by atoms with Gasteiger partial charge in [0.15, 0.2) is 0 Å². The fraction of sp³-hybridized carbons (Fsp3) is 0.304. The molecule has 0 saturated carbocycles. The second-order valence-corrected chi connectivity index (χ2v) is 7.85. The summed E-state index contributed by atoms with van der Waals surface area (Å²) in [4.78, 5) is 23.2. The zero-order valence-corrected chi connectivity index (χ0v) is 18.5. The summed E-state index contributed by atoms with van der Waals surface area (Å²) >= 11 is 0. The molecule has 160 valence electrons. The van der Waals surface area contributed by atoms with E-state index in [1.165, 1.54) is 0 Å². The molecule has 0 fully saturated rings. The summed E-state index contributed by atoms with van der Waals surface area (Å²) < 4.78 is 3.57. The van der Waals surface area contributed by atoms with Crippen molar-refractivity contribution in [1.82, 2.24) is 34.4 Å². The molecular formula is C23H27N7O. The number of nitrogens with one attached hydrogen (secondary N) is 1. The lowest BCUT2D eigenvalue weighted by Crippen LogP contribution is -2.31. The first-order chi connectivity index (χ1) is 14.8. The Bertz CT molecular complexity index is 1200. The highest BCUT2D eigenvalue weighted by Gasteiger charge is 2.25. The van der Waals surface area contributed by atoms with E-state index in [4.69, 9.17) is 0 Å². The summed E-state index contributed by atoms with van der Waals surface area (Å²) in [5.41, 5.74) is 5.96. The molecule has 1 aromatic carbocycles. The van der Waals surface area contributed by atoms with Gasteiger partial charge in [0.05, 0.1) is 41.9 Å². The molecule has 1 amide bonds. The van der Waals surface area contributed by atoms with E-state index in [9.17, 15) is 4.79 Å². The van der Waals surface area contributed by atoms with Gasteiger partial charge in [-0.05, 0) is 26.8 Å². The van der Waals surface area contributed by atoms with Crippen molar-refractivity contribution in [2.24, 2.45) is 14.1 Å². The topological polar surface area (TPSA) is 84.6 Å². The van der Waals surface area contributed by atoms with Gasteiger partial charge in [-0.2, -0.15) is 10.2 Å². The van der Waals surface area contributed by atoms with Gasteiger partial charge in [-0.3, -0.25) is 14.2 Å². The Morgan fingerprint density at radius 3 is 2.39 bits per heavy atom. The number of hydrogen-bond acceptors (Lipinski definition) is 4. The van der Waals surface area contributed by atoms with Gasteiger partial charge in [-0.25, -0.2) is 4.98 Å². The number of amides is 1. The molecule has 0 radical (unpaired) electrons. The lowest BCUT2D eigenvalue weighted by molar-refractivity contribution is 0.0724. The van der Waals surface area contributed by atoms with Crippen LogP contribution < -0.4 is 0 Å². The van der Waals surface area contributed by atoms with Crippen LogP contribution in [0.15, 0.2) is 42.6 Å². The van der Waals surface area contributed by atoms with E-state index in [-0.39, 0.29) is 5.91 Å². The number of aromatic amines is 1. The first kappa shape index (κ1) is 20.6. The molecule has 1 N–H and O–H groups in total. The summed E-state index contributed by atoms with van der Waals surface area (Å²) in [6.45, 7) is 6.57. The molecule has 0 aliphatic carbocycles. The Balaban J connectivity index is 1.65. The van der Waals surface area contributed by atoms with Crippen LogP contribution in [0.25, 0.3) is 11.4 Å². The van der Waals surface area contributed by atoms with Crippen molar-refractivity contribution in [2.75, 3.05) is 0 Å². The van der Waals surface area contributed by atoms with Gasteiger partial charge in [0.25, 0.3) is 5.91 Å². The number of H-pyrrole nitrogens is 1. The van der Waals surface area contributed by atoms with Gasteiger partial charge in [0.2, 0.25) is 0 Å². The largest absolute Gasteiger partial charge is 0.340 e. The van der Waals surface area contributed by atoms with Crippen LogP contribution in [-0.2, 0) is 27.2 Å². The van der Waals surface area contributed by atoms with Crippen molar-refractivity contribution in [3.63, 3.8) is 0 Å². The highest BCUT2D eigenvalue weighted by atomic mass is 16.2. The Kier molecular flexibility index (Phi) is 5.46. The van der Waals surface area contributed by atoms with E-state index in [0.29, 0.717) is 18.7 Å². The summed E-state index contributed by atoms with van der Waals surface area (Å²) in [7, 11) is 3.76. The second-order valence-electron chi connectivity index (χ2n) is 7.85. The third-order valence-corrected chi connectivity index (χ3v) is 5.56. The van der Waals surface area contributed by atoms with Crippen LogP contribution in [-0.4, -0.2) is 40.3 Å². The van der Waals surface area contributed by atoms with Crippen LogP contribution in [0.3, 0.4) is 0 Å². The Labute approximate surface area is 181 Å². The molecule has 31 heavy (non-hydrogen) atoms. The average molecular weight is 418 g/mol. The van der Waals surface area contributed by atoms with E-state index in [2.05, 4.69) is 20.2 Å². The molecule has 4 aromatic rings. The molecule has 3 aromatic heterocycles. The molecule has 0 saturated heterocycles. The predicted molar refractivity (Wildman–Crippen MR) is 118 cm³/mol. The molecule has 0 aliphatic heterocycles. The van der Waals surface area contributed by atoms with Crippen molar-refractivity contribution in [3.8, 4) is 11.4 Å². The van der Waals surface area contributed by atoms with Gasteiger partial charge < -0.3 is 9.88 Å². The number of aromatic nitrogens is 6. The average Bonchev–Trinajstić information content (AvgIpc) is 3.40. The summed E-state index contributed by atoms with van der Waals surface area (Å²) in [6.07, 6.45) is 1.79. The monoisotopic (exact) mass is 417 g/mol. The van der Waals surface area contributed by atoms with Crippen LogP contribution in [0, 0.1) is 20.8 Å². The van der Waals surface area contributed by atoms with Crippen LogP contribution in [0.2, 0.25) is 0 Å². The third kappa shape index (κ3) is 4.14. The maximum Gasteiger partial charge on any atom is 0.258 e. The summed E-state index contributed by atoms with van der Waals surface area (Å²) in [6, 6.07) is 11.9. The molecule has 8 heteroatoms. The SMILES string of the molecule is Cc1nn(C)c(C)c1C(=O)N(Cc1cc(C)n(C)n1)Cc1cnc(-c2ccccc2)[nH]1. The summed E-state index contributed by atoms with van der Waals surface area (Å²) in [5.74, 6) is 0.715. The van der Waals surface area contributed by atoms with Gasteiger partial charge in [-0.1, -0.05) is 30.3 Å². The first-order valence-corrected chi connectivity index (χ1v) is 10.2. The molecule has 0 atom stereocenters. The van der Waals surface area contributed by atoms with Crippen LogP contribution in [0.4, 0.5) is 0 Å². The van der Waals surface area contributed by atoms with E-state index in [1.807, 2.05) is 75.9 Å². The van der Waals surface area contributed by atoms with Gasteiger partial charge >= 0.3 is 0 Å². The van der Waals surface area contributed by atoms with Gasteiger partial charge in [0, 0.05) is 31.0 Å². The van der Waals surface area contributed by atoms with Crippen molar-refractivity contribution in [3.05, 3.63) is 76.6 Å². The summed E-state index contributed by atoms with van der Waals surface area (Å²) in [5, 5.41) is 8.97. The van der Waals surface area contributed by atoms with Crippen molar-refractivity contribution in [1.29, 1.82) is 0 Å². The first-order valence-electron chi connectivity index (χ1n) is 10.2. The Hall–Kier alpha value is -3.68. The Morgan fingerprint density at radius 1 is 1.03 bits per heavy atom. The zero-order valence-electron chi connectivity index (χ0n) is 18.5. The Morgan fingerprint density at radius 2 is 1.77 bits per heavy atom. The van der Waals surface area contributed by atoms with Crippen molar-refractivity contribution >= 4 is 5.91 Å². The van der Waals surface area contributed by atoms with E-state index < -0.39 is 0 Å². The molecular weight excluding hydrogens is 390 g/mol.